The Morgan fingerprint density at radius 3 is 2.76 bits per heavy atom. The number of carbonyl (C=O) groups is 2. The minimum atomic E-state index is -0.547. The first kappa shape index (κ1) is 17.5. The maximum Gasteiger partial charge on any atom is 0.319 e. The number of rotatable bonds is 3. The van der Waals surface area contributed by atoms with Crippen LogP contribution in [0.2, 0.25) is 0 Å². The summed E-state index contributed by atoms with van der Waals surface area (Å²) in [5.74, 6) is -0.564. The fourth-order valence-corrected chi connectivity index (χ4v) is 3.41. The van der Waals surface area contributed by atoms with Gasteiger partial charge in [-0.2, -0.15) is 0 Å². The molecule has 3 rings (SSSR count). The van der Waals surface area contributed by atoms with Crippen molar-refractivity contribution in [3.8, 4) is 0 Å². The van der Waals surface area contributed by atoms with E-state index in [9.17, 15) is 14.0 Å². The molecule has 0 bridgehead atoms. The van der Waals surface area contributed by atoms with Gasteiger partial charge in [0.05, 0.1) is 11.4 Å². The lowest BCUT2D eigenvalue weighted by atomic mass is 10.1. The standard InChI is InChI=1S/C18H25FN4O2/c19-13-7-8-16(23-10-4-1-5-11-23)15(12-13)22-18(25)21-14-6-2-3-9-20-17(14)24/h7-8,12,14H,1-6,9-11H2,(H,20,24)(H2,21,22,25). The highest BCUT2D eigenvalue weighted by Gasteiger charge is 2.23. The molecule has 1 aromatic carbocycles. The summed E-state index contributed by atoms with van der Waals surface area (Å²) in [6.07, 6.45) is 5.77. The largest absolute Gasteiger partial charge is 0.370 e. The van der Waals surface area contributed by atoms with Crippen LogP contribution < -0.4 is 20.9 Å². The first-order valence-corrected chi connectivity index (χ1v) is 9.03. The van der Waals surface area contributed by atoms with Crippen LogP contribution in [-0.4, -0.2) is 37.6 Å². The van der Waals surface area contributed by atoms with Gasteiger partial charge in [0.2, 0.25) is 5.91 Å². The Kier molecular flexibility index (Phi) is 5.73. The van der Waals surface area contributed by atoms with Gasteiger partial charge in [-0.1, -0.05) is 0 Å². The molecule has 0 aromatic heterocycles. The minimum absolute atomic E-state index is 0.164. The Labute approximate surface area is 147 Å². The van der Waals surface area contributed by atoms with E-state index in [1.807, 2.05) is 0 Å². The van der Waals surface area contributed by atoms with Crippen LogP contribution in [0.25, 0.3) is 0 Å². The number of carbonyl (C=O) groups excluding carboxylic acids is 2. The van der Waals surface area contributed by atoms with Crippen LogP contribution >= 0.6 is 0 Å². The molecule has 136 valence electrons. The van der Waals surface area contributed by atoms with Crippen molar-refractivity contribution in [1.29, 1.82) is 0 Å². The zero-order chi connectivity index (χ0) is 17.6. The monoisotopic (exact) mass is 348 g/mol. The third-order valence-electron chi connectivity index (χ3n) is 4.74. The van der Waals surface area contributed by atoms with Crippen LogP contribution in [0.5, 0.6) is 0 Å². The average molecular weight is 348 g/mol. The van der Waals surface area contributed by atoms with Crippen molar-refractivity contribution in [2.75, 3.05) is 29.9 Å². The van der Waals surface area contributed by atoms with Gasteiger partial charge in [-0.3, -0.25) is 4.79 Å². The molecule has 0 saturated carbocycles. The predicted octanol–water partition coefficient (Wildman–Crippen LogP) is 2.61. The van der Waals surface area contributed by atoms with Gasteiger partial charge in [0, 0.05) is 19.6 Å². The quantitative estimate of drug-likeness (QED) is 0.786. The van der Waals surface area contributed by atoms with Crippen molar-refractivity contribution < 1.29 is 14.0 Å². The Morgan fingerprint density at radius 1 is 1.16 bits per heavy atom. The number of halogens is 1. The van der Waals surface area contributed by atoms with Crippen LogP contribution in [0.3, 0.4) is 0 Å². The Morgan fingerprint density at radius 2 is 1.96 bits per heavy atom. The average Bonchev–Trinajstić information content (AvgIpc) is 2.80. The first-order valence-electron chi connectivity index (χ1n) is 9.03. The summed E-state index contributed by atoms with van der Waals surface area (Å²) in [5.41, 5.74) is 1.26. The third kappa shape index (κ3) is 4.61. The van der Waals surface area contributed by atoms with Crippen LogP contribution in [0.15, 0.2) is 18.2 Å². The number of hydrogen-bond donors (Lipinski definition) is 3. The van der Waals surface area contributed by atoms with Gasteiger partial charge in [0.15, 0.2) is 0 Å². The van der Waals surface area contributed by atoms with Crippen molar-refractivity contribution in [3.05, 3.63) is 24.0 Å². The van der Waals surface area contributed by atoms with Crippen molar-refractivity contribution in [2.45, 2.75) is 44.6 Å². The van der Waals surface area contributed by atoms with E-state index in [-0.39, 0.29) is 5.91 Å². The highest BCUT2D eigenvalue weighted by atomic mass is 19.1. The number of nitrogens with one attached hydrogen (secondary N) is 3. The Balaban J connectivity index is 1.69. The summed E-state index contributed by atoms with van der Waals surface area (Å²) >= 11 is 0. The smallest absolute Gasteiger partial charge is 0.319 e. The highest BCUT2D eigenvalue weighted by molar-refractivity contribution is 5.96. The molecule has 0 aliphatic carbocycles. The van der Waals surface area contributed by atoms with Gasteiger partial charge < -0.3 is 20.9 Å². The Bertz CT molecular complexity index is 632. The van der Waals surface area contributed by atoms with Gasteiger partial charge in [0.25, 0.3) is 0 Å². The highest BCUT2D eigenvalue weighted by Crippen LogP contribution is 2.29. The number of benzene rings is 1. The van der Waals surface area contributed by atoms with E-state index in [2.05, 4.69) is 20.9 Å². The van der Waals surface area contributed by atoms with Crippen LogP contribution in [0.1, 0.15) is 38.5 Å². The number of nitrogens with zero attached hydrogens (tertiary/aromatic N) is 1. The molecule has 2 saturated heterocycles. The molecule has 0 spiro atoms. The fourth-order valence-electron chi connectivity index (χ4n) is 3.41. The van der Waals surface area contributed by atoms with Crippen LogP contribution in [0.4, 0.5) is 20.6 Å². The Hall–Kier alpha value is -2.31. The number of urea groups is 1. The number of piperidine rings is 1. The zero-order valence-electron chi connectivity index (χ0n) is 14.3. The molecule has 6 nitrogen and oxygen atoms in total. The lowest BCUT2D eigenvalue weighted by molar-refractivity contribution is -0.122. The van der Waals surface area contributed by atoms with E-state index in [1.165, 1.54) is 18.6 Å². The molecule has 3 amide bonds. The SMILES string of the molecule is O=C(Nc1cc(F)ccc1N1CCCCC1)NC1CCCCNC1=O. The molecule has 3 N–H and O–H groups in total. The van der Waals surface area contributed by atoms with Crippen LogP contribution in [0, 0.1) is 5.82 Å². The van der Waals surface area contributed by atoms with E-state index < -0.39 is 17.9 Å². The number of anilines is 2. The van der Waals surface area contributed by atoms with Crippen molar-refractivity contribution in [2.24, 2.45) is 0 Å². The minimum Gasteiger partial charge on any atom is -0.370 e. The summed E-state index contributed by atoms with van der Waals surface area (Å²) in [5, 5.41) is 8.22. The fraction of sp³-hybridized carbons (Fsp3) is 0.556. The molecule has 25 heavy (non-hydrogen) atoms. The third-order valence-corrected chi connectivity index (χ3v) is 4.74. The molecular weight excluding hydrogens is 323 g/mol. The summed E-state index contributed by atoms with van der Waals surface area (Å²) in [6.45, 7) is 2.43. The van der Waals surface area contributed by atoms with Gasteiger partial charge in [-0.25, -0.2) is 9.18 Å². The van der Waals surface area contributed by atoms with E-state index in [4.69, 9.17) is 0 Å². The zero-order valence-corrected chi connectivity index (χ0v) is 14.3. The molecule has 2 aliphatic rings. The van der Waals surface area contributed by atoms with Gasteiger partial charge in [0.1, 0.15) is 11.9 Å². The molecule has 2 aliphatic heterocycles. The lowest BCUT2D eigenvalue weighted by Crippen LogP contribution is -2.47. The van der Waals surface area contributed by atoms with Crippen LogP contribution in [-0.2, 0) is 4.79 Å². The molecule has 1 aromatic rings. The second kappa shape index (κ2) is 8.18. The molecule has 2 heterocycles. The number of amides is 3. The van der Waals surface area contributed by atoms with E-state index in [1.54, 1.807) is 6.07 Å². The normalized spacial score (nSPS) is 21.2. The van der Waals surface area contributed by atoms with Gasteiger partial charge in [-0.15, -0.1) is 0 Å². The second-order valence-corrected chi connectivity index (χ2v) is 6.65. The van der Waals surface area contributed by atoms with E-state index >= 15 is 0 Å². The van der Waals surface area contributed by atoms with E-state index in [0.717, 1.165) is 44.5 Å². The second-order valence-electron chi connectivity index (χ2n) is 6.65. The molecule has 0 radical (unpaired) electrons. The van der Waals surface area contributed by atoms with Crippen molar-refractivity contribution in [3.63, 3.8) is 0 Å². The lowest BCUT2D eigenvalue weighted by Gasteiger charge is -2.30. The van der Waals surface area contributed by atoms with E-state index in [0.29, 0.717) is 18.7 Å². The summed E-state index contributed by atoms with van der Waals surface area (Å²) in [7, 11) is 0. The molecule has 1 atom stereocenters. The topological polar surface area (TPSA) is 73.5 Å². The van der Waals surface area contributed by atoms with Crippen molar-refractivity contribution >= 4 is 23.3 Å². The first-order chi connectivity index (χ1) is 12.1. The molecule has 7 heteroatoms. The number of hydrogen-bond acceptors (Lipinski definition) is 3. The molecule has 2 fully saturated rings. The maximum atomic E-state index is 13.7. The van der Waals surface area contributed by atoms with Gasteiger partial charge in [-0.05, 0) is 56.7 Å². The summed E-state index contributed by atoms with van der Waals surface area (Å²) < 4.78 is 13.7. The molecular formula is C18H25FN4O2. The maximum absolute atomic E-state index is 13.7. The van der Waals surface area contributed by atoms with Gasteiger partial charge >= 0.3 is 6.03 Å². The predicted molar refractivity (Wildman–Crippen MR) is 95.3 cm³/mol. The summed E-state index contributed by atoms with van der Waals surface area (Å²) in [4.78, 5) is 26.5. The van der Waals surface area contributed by atoms with Crippen molar-refractivity contribution in [1.82, 2.24) is 10.6 Å². The molecule has 1 unspecified atom stereocenters. The summed E-state index contributed by atoms with van der Waals surface area (Å²) in [6, 6.07) is 3.41.